The van der Waals surface area contributed by atoms with Crippen LogP contribution < -0.4 is 0 Å². The zero-order valence-electron chi connectivity index (χ0n) is 22.1. The molecule has 0 bridgehead atoms. The second kappa shape index (κ2) is 12.4. The van der Waals surface area contributed by atoms with Gasteiger partial charge in [0.15, 0.2) is 0 Å². The number of phenols is 1. The molecule has 0 saturated carbocycles. The maximum atomic E-state index is 8.81. The van der Waals surface area contributed by atoms with Crippen LogP contribution in [0.15, 0.2) is 114 Å². The van der Waals surface area contributed by atoms with Crippen molar-refractivity contribution in [2.45, 2.75) is 27.7 Å². The highest BCUT2D eigenvalue weighted by molar-refractivity contribution is 5.78. The Balaban J connectivity index is 0.000000119. The average molecular weight is 505 g/mol. The van der Waals surface area contributed by atoms with Gasteiger partial charge in [0.1, 0.15) is 11.3 Å². The van der Waals surface area contributed by atoms with Crippen LogP contribution in [-0.4, -0.2) is 24.9 Å². The SMILES string of the molecule is Cc1cc2ccccn2n1.Cc1ccc2ccoc2c1.Cc1ccc2cn[nH]c2c1.Cc1cccc(O)c1. The Morgan fingerprint density at radius 1 is 0.737 bits per heavy atom. The molecule has 6 heteroatoms. The van der Waals surface area contributed by atoms with Crippen LogP contribution >= 0.6 is 0 Å². The molecule has 4 aromatic heterocycles. The quantitative estimate of drug-likeness (QED) is 0.220. The summed E-state index contributed by atoms with van der Waals surface area (Å²) in [5, 5.41) is 22.2. The first-order valence-electron chi connectivity index (χ1n) is 12.4. The molecule has 0 atom stereocenters. The number of H-pyrrole nitrogens is 1. The summed E-state index contributed by atoms with van der Waals surface area (Å²) >= 11 is 0. The maximum Gasteiger partial charge on any atom is 0.134 e. The summed E-state index contributed by atoms with van der Waals surface area (Å²) in [4.78, 5) is 0. The van der Waals surface area contributed by atoms with Crippen LogP contribution in [0.4, 0.5) is 0 Å². The van der Waals surface area contributed by atoms with E-state index in [1.54, 1.807) is 18.4 Å². The molecule has 0 amide bonds. The molecule has 2 N–H and O–H groups in total. The largest absolute Gasteiger partial charge is 0.508 e. The highest BCUT2D eigenvalue weighted by atomic mass is 16.3. The van der Waals surface area contributed by atoms with Crippen molar-refractivity contribution in [2.24, 2.45) is 0 Å². The van der Waals surface area contributed by atoms with Crippen LogP contribution in [0.5, 0.6) is 5.75 Å². The van der Waals surface area contributed by atoms with Crippen LogP contribution in [0.3, 0.4) is 0 Å². The van der Waals surface area contributed by atoms with Crippen molar-refractivity contribution < 1.29 is 9.52 Å². The molecule has 192 valence electrons. The highest BCUT2D eigenvalue weighted by Crippen LogP contribution is 2.16. The van der Waals surface area contributed by atoms with Crippen LogP contribution in [0.2, 0.25) is 0 Å². The number of aryl methyl sites for hydroxylation is 4. The fraction of sp³-hybridized carbons (Fsp3) is 0.125. The lowest BCUT2D eigenvalue weighted by atomic mass is 10.2. The van der Waals surface area contributed by atoms with Crippen molar-refractivity contribution in [3.63, 3.8) is 0 Å². The summed E-state index contributed by atoms with van der Waals surface area (Å²) in [7, 11) is 0. The Morgan fingerprint density at radius 3 is 2.24 bits per heavy atom. The minimum absolute atomic E-state index is 0.338. The summed E-state index contributed by atoms with van der Waals surface area (Å²) in [6, 6.07) is 29.6. The average Bonchev–Trinajstić information content (AvgIpc) is 3.63. The van der Waals surface area contributed by atoms with Gasteiger partial charge < -0.3 is 9.52 Å². The molecular formula is C32H32N4O2. The number of nitrogens with zero attached hydrogens (tertiary/aromatic N) is 3. The van der Waals surface area contributed by atoms with E-state index in [2.05, 4.69) is 65.5 Å². The lowest BCUT2D eigenvalue weighted by molar-refractivity contribution is 0.475. The van der Waals surface area contributed by atoms with E-state index < -0.39 is 0 Å². The number of benzene rings is 3. The number of fused-ring (bicyclic) bond motifs is 3. The second-order valence-corrected chi connectivity index (χ2v) is 9.12. The summed E-state index contributed by atoms with van der Waals surface area (Å²) in [5.41, 5.74) is 7.88. The number of aromatic amines is 1. The van der Waals surface area contributed by atoms with Crippen molar-refractivity contribution in [3.05, 3.63) is 132 Å². The van der Waals surface area contributed by atoms with Gasteiger partial charge in [-0.3, -0.25) is 5.10 Å². The third kappa shape index (κ3) is 7.34. The molecule has 0 fully saturated rings. The Kier molecular flexibility index (Phi) is 8.57. The second-order valence-electron chi connectivity index (χ2n) is 9.12. The first-order valence-corrected chi connectivity index (χ1v) is 12.4. The number of aromatic hydroxyl groups is 1. The first kappa shape index (κ1) is 26.2. The fourth-order valence-corrected chi connectivity index (χ4v) is 3.81. The van der Waals surface area contributed by atoms with Crippen LogP contribution in [0.25, 0.3) is 27.4 Å². The fourth-order valence-electron chi connectivity index (χ4n) is 3.81. The van der Waals surface area contributed by atoms with Gasteiger partial charge in [0.2, 0.25) is 0 Å². The molecule has 0 radical (unpaired) electrons. The van der Waals surface area contributed by atoms with Gasteiger partial charge in [-0.25, -0.2) is 4.52 Å². The van der Waals surface area contributed by atoms with Crippen LogP contribution in [0, 0.1) is 27.7 Å². The van der Waals surface area contributed by atoms with E-state index in [1.807, 2.05) is 73.2 Å². The van der Waals surface area contributed by atoms with Crippen molar-refractivity contribution in [2.75, 3.05) is 0 Å². The number of pyridine rings is 1. The molecule has 4 heterocycles. The topological polar surface area (TPSA) is 79.3 Å². The van der Waals surface area contributed by atoms with Gasteiger partial charge in [-0.15, -0.1) is 0 Å². The van der Waals surface area contributed by atoms with Crippen LogP contribution in [0.1, 0.15) is 22.4 Å². The van der Waals surface area contributed by atoms with Crippen molar-refractivity contribution >= 4 is 27.4 Å². The molecule has 0 unspecified atom stereocenters. The molecule has 0 aliphatic heterocycles. The third-order valence-corrected chi connectivity index (χ3v) is 5.70. The predicted octanol–water partition coefficient (Wildman–Crippen LogP) is 7.96. The van der Waals surface area contributed by atoms with Gasteiger partial charge in [-0.2, -0.15) is 10.2 Å². The maximum absolute atomic E-state index is 8.81. The zero-order valence-corrected chi connectivity index (χ0v) is 22.1. The molecule has 0 spiro atoms. The molecule has 6 nitrogen and oxygen atoms in total. The van der Waals surface area contributed by atoms with Gasteiger partial charge >= 0.3 is 0 Å². The van der Waals surface area contributed by atoms with Gasteiger partial charge in [-0.05, 0) is 92.9 Å². The normalized spacial score (nSPS) is 10.2. The lowest BCUT2D eigenvalue weighted by Gasteiger charge is -1.89. The summed E-state index contributed by atoms with van der Waals surface area (Å²) in [6.07, 6.45) is 5.49. The van der Waals surface area contributed by atoms with Crippen molar-refractivity contribution in [1.29, 1.82) is 0 Å². The number of hydrogen-bond donors (Lipinski definition) is 2. The third-order valence-electron chi connectivity index (χ3n) is 5.70. The molecule has 7 aromatic rings. The van der Waals surface area contributed by atoms with E-state index in [0.717, 1.165) is 27.9 Å². The van der Waals surface area contributed by atoms with E-state index in [1.165, 1.54) is 21.9 Å². The van der Waals surface area contributed by atoms with E-state index in [-0.39, 0.29) is 0 Å². The highest BCUT2D eigenvalue weighted by Gasteiger charge is 1.94. The Bertz CT molecular complexity index is 1620. The van der Waals surface area contributed by atoms with E-state index in [0.29, 0.717) is 5.75 Å². The Hall–Kier alpha value is -4.84. The number of nitrogens with one attached hydrogen (secondary N) is 1. The molecule has 7 rings (SSSR count). The molecule has 0 aliphatic carbocycles. The van der Waals surface area contributed by atoms with Crippen molar-refractivity contribution in [3.8, 4) is 5.75 Å². The van der Waals surface area contributed by atoms with E-state index in [4.69, 9.17) is 9.52 Å². The zero-order chi connectivity index (χ0) is 26.9. The van der Waals surface area contributed by atoms with Crippen LogP contribution in [-0.2, 0) is 0 Å². The summed E-state index contributed by atoms with van der Waals surface area (Å²) in [5.74, 6) is 0.338. The molecule has 0 aliphatic rings. The first-order chi connectivity index (χ1) is 18.4. The number of phenolic OH excluding ortho intramolecular Hbond substituents is 1. The molecule has 3 aromatic carbocycles. The monoisotopic (exact) mass is 504 g/mol. The number of hydrogen-bond acceptors (Lipinski definition) is 4. The van der Waals surface area contributed by atoms with Crippen molar-refractivity contribution in [1.82, 2.24) is 19.8 Å². The van der Waals surface area contributed by atoms with Gasteiger partial charge in [0.05, 0.1) is 29.2 Å². The Labute approximate surface area is 222 Å². The minimum Gasteiger partial charge on any atom is -0.508 e. The van der Waals surface area contributed by atoms with Gasteiger partial charge in [0, 0.05) is 17.0 Å². The lowest BCUT2D eigenvalue weighted by Crippen LogP contribution is -1.83. The standard InChI is InChI=1S/C9H8O.2C8H8N2.C7H8O/c1-7-2-3-8-4-5-10-9(8)6-7;1-6-2-3-7-5-9-10-8(7)4-6;1-7-6-8-4-2-3-5-10(8)9-7;1-6-3-2-4-7(8)5-6/h2-6H,1H3;2-5H,1H3,(H,9,10);2-6H,1H3;2-5,8H,1H3. The minimum atomic E-state index is 0.338. The van der Waals surface area contributed by atoms with Gasteiger partial charge in [0.25, 0.3) is 0 Å². The smallest absolute Gasteiger partial charge is 0.134 e. The molecule has 38 heavy (non-hydrogen) atoms. The summed E-state index contributed by atoms with van der Waals surface area (Å²) < 4.78 is 7.07. The number of furan rings is 1. The molecular weight excluding hydrogens is 472 g/mol. The summed E-state index contributed by atoms with van der Waals surface area (Å²) in [6.45, 7) is 8.06. The van der Waals surface area contributed by atoms with Gasteiger partial charge in [-0.1, -0.05) is 42.5 Å². The number of aromatic nitrogens is 4. The predicted molar refractivity (Wildman–Crippen MR) is 155 cm³/mol. The Morgan fingerprint density at radius 2 is 1.50 bits per heavy atom. The number of rotatable bonds is 0. The van der Waals surface area contributed by atoms with E-state index >= 15 is 0 Å². The van der Waals surface area contributed by atoms with E-state index in [9.17, 15) is 0 Å². The molecule has 0 saturated heterocycles.